The zero-order valence-corrected chi connectivity index (χ0v) is 14.0. The molecule has 0 bridgehead atoms. The standard InChI is InChI=1S/C17H15Cl2NO3/c1-2-3-9-23-17(22)12-7-6-11(10-14(12)18)15(21)13-5-4-8-20-16(13)19/h4-8,10H,2-3,9H2,1H3. The lowest BCUT2D eigenvalue weighted by Gasteiger charge is -2.08. The Kier molecular flexibility index (Phi) is 6.13. The fourth-order valence-electron chi connectivity index (χ4n) is 1.92. The molecule has 120 valence electrons. The van der Waals surface area contributed by atoms with Gasteiger partial charge in [-0.2, -0.15) is 0 Å². The summed E-state index contributed by atoms with van der Waals surface area (Å²) in [5.41, 5.74) is 0.843. The highest BCUT2D eigenvalue weighted by molar-refractivity contribution is 6.35. The number of ether oxygens (including phenoxy) is 1. The molecule has 23 heavy (non-hydrogen) atoms. The van der Waals surface area contributed by atoms with E-state index in [-0.39, 0.29) is 27.1 Å². The van der Waals surface area contributed by atoms with Crippen molar-refractivity contribution < 1.29 is 14.3 Å². The van der Waals surface area contributed by atoms with Gasteiger partial charge in [0.2, 0.25) is 0 Å². The van der Waals surface area contributed by atoms with Gasteiger partial charge in [-0.3, -0.25) is 4.79 Å². The van der Waals surface area contributed by atoms with Crippen molar-refractivity contribution in [3.8, 4) is 0 Å². The van der Waals surface area contributed by atoms with E-state index in [1.165, 1.54) is 24.4 Å². The number of aromatic nitrogens is 1. The first-order chi connectivity index (χ1) is 11.0. The molecule has 0 saturated carbocycles. The fraction of sp³-hybridized carbons (Fsp3) is 0.235. The second-order valence-electron chi connectivity index (χ2n) is 4.85. The maximum absolute atomic E-state index is 12.4. The van der Waals surface area contributed by atoms with Crippen molar-refractivity contribution in [2.45, 2.75) is 19.8 Å². The number of nitrogens with zero attached hydrogens (tertiary/aromatic N) is 1. The topological polar surface area (TPSA) is 56.3 Å². The lowest BCUT2D eigenvalue weighted by Crippen LogP contribution is -2.09. The molecule has 2 aromatic rings. The van der Waals surface area contributed by atoms with Crippen molar-refractivity contribution >= 4 is 35.0 Å². The van der Waals surface area contributed by atoms with E-state index in [1.807, 2.05) is 6.92 Å². The summed E-state index contributed by atoms with van der Waals surface area (Å²) in [7, 11) is 0. The molecule has 0 atom stereocenters. The Balaban J connectivity index is 2.21. The Hall–Kier alpha value is -1.91. The molecule has 0 fully saturated rings. The predicted molar refractivity (Wildman–Crippen MR) is 89.3 cm³/mol. The molecule has 2 rings (SSSR count). The highest BCUT2D eigenvalue weighted by Gasteiger charge is 2.17. The molecule has 6 heteroatoms. The second-order valence-corrected chi connectivity index (χ2v) is 5.62. The molecular weight excluding hydrogens is 337 g/mol. The van der Waals surface area contributed by atoms with Crippen molar-refractivity contribution in [3.63, 3.8) is 0 Å². The molecule has 1 heterocycles. The number of rotatable bonds is 6. The minimum Gasteiger partial charge on any atom is -0.462 e. The first kappa shape index (κ1) is 17.4. The molecule has 1 aromatic heterocycles. The molecule has 0 aliphatic carbocycles. The third-order valence-corrected chi connectivity index (χ3v) is 3.80. The van der Waals surface area contributed by atoms with Gasteiger partial charge in [0, 0.05) is 11.8 Å². The van der Waals surface area contributed by atoms with Crippen LogP contribution in [0.5, 0.6) is 0 Å². The minimum absolute atomic E-state index is 0.122. The Morgan fingerprint density at radius 1 is 1.17 bits per heavy atom. The number of hydrogen-bond donors (Lipinski definition) is 0. The molecule has 1 aromatic carbocycles. The van der Waals surface area contributed by atoms with Gasteiger partial charge in [0.1, 0.15) is 5.15 Å². The summed E-state index contributed by atoms with van der Waals surface area (Å²) in [6, 6.07) is 7.64. The number of carbonyl (C=O) groups is 2. The van der Waals surface area contributed by atoms with Crippen molar-refractivity contribution in [3.05, 3.63) is 63.4 Å². The molecule has 0 saturated heterocycles. The predicted octanol–water partition coefficient (Wildman–Crippen LogP) is 4.58. The van der Waals surface area contributed by atoms with E-state index in [4.69, 9.17) is 27.9 Å². The number of unbranched alkanes of at least 4 members (excludes halogenated alkanes) is 1. The minimum atomic E-state index is -0.498. The van der Waals surface area contributed by atoms with Crippen LogP contribution in [0.25, 0.3) is 0 Å². The lowest BCUT2D eigenvalue weighted by atomic mass is 10.0. The average molecular weight is 352 g/mol. The smallest absolute Gasteiger partial charge is 0.339 e. The summed E-state index contributed by atoms with van der Waals surface area (Å²) in [4.78, 5) is 28.2. The van der Waals surface area contributed by atoms with E-state index >= 15 is 0 Å². The van der Waals surface area contributed by atoms with E-state index in [0.717, 1.165) is 12.8 Å². The Morgan fingerprint density at radius 2 is 1.96 bits per heavy atom. The van der Waals surface area contributed by atoms with Crippen LogP contribution in [0, 0.1) is 0 Å². The van der Waals surface area contributed by atoms with Crippen molar-refractivity contribution in [2.75, 3.05) is 6.61 Å². The van der Waals surface area contributed by atoms with Gasteiger partial charge in [-0.05, 0) is 30.7 Å². The van der Waals surface area contributed by atoms with Gasteiger partial charge < -0.3 is 4.74 Å². The summed E-state index contributed by atoms with van der Waals surface area (Å²) >= 11 is 12.0. The molecule has 4 nitrogen and oxygen atoms in total. The summed E-state index contributed by atoms with van der Waals surface area (Å²) in [5, 5.41) is 0.286. The summed E-state index contributed by atoms with van der Waals surface area (Å²) in [5.74, 6) is -0.808. The molecule has 0 amide bonds. The number of carbonyl (C=O) groups excluding carboxylic acids is 2. The average Bonchev–Trinajstić information content (AvgIpc) is 2.54. The van der Waals surface area contributed by atoms with Crippen LogP contribution in [-0.2, 0) is 4.74 Å². The maximum Gasteiger partial charge on any atom is 0.339 e. The number of halogens is 2. The molecule has 0 spiro atoms. The zero-order valence-electron chi connectivity index (χ0n) is 12.5. The first-order valence-corrected chi connectivity index (χ1v) is 7.92. The normalized spacial score (nSPS) is 10.4. The molecule has 0 aliphatic heterocycles. The van der Waals surface area contributed by atoms with Crippen molar-refractivity contribution in [1.29, 1.82) is 0 Å². The van der Waals surface area contributed by atoms with Crippen LogP contribution in [-0.4, -0.2) is 23.3 Å². The lowest BCUT2D eigenvalue weighted by molar-refractivity contribution is 0.0499. The van der Waals surface area contributed by atoms with Gasteiger partial charge in [-0.15, -0.1) is 0 Å². The quantitative estimate of drug-likeness (QED) is 0.331. The number of pyridine rings is 1. The van der Waals surface area contributed by atoms with Crippen LogP contribution in [0.2, 0.25) is 10.2 Å². The number of esters is 1. The third kappa shape index (κ3) is 4.30. The fourth-order valence-corrected chi connectivity index (χ4v) is 2.38. The van der Waals surface area contributed by atoms with Crippen molar-refractivity contribution in [2.24, 2.45) is 0 Å². The summed E-state index contributed by atoms with van der Waals surface area (Å²) in [6.45, 7) is 2.35. The summed E-state index contributed by atoms with van der Waals surface area (Å²) < 4.78 is 5.11. The van der Waals surface area contributed by atoms with E-state index in [1.54, 1.807) is 12.1 Å². The van der Waals surface area contributed by atoms with E-state index < -0.39 is 5.97 Å². The van der Waals surface area contributed by atoms with E-state index in [0.29, 0.717) is 12.2 Å². The van der Waals surface area contributed by atoms with Crippen molar-refractivity contribution in [1.82, 2.24) is 4.98 Å². The largest absolute Gasteiger partial charge is 0.462 e. The monoisotopic (exact) mass is 351 g/mol. The molecule has 0 unspecified atom stereocenters. The van der Waals surface area contributed by atoms with Crippen LogP contribution >= 0.6 is 23.2 Å². The molecule has 0 aliphatic rings. The van der Waals surface area contributed by atoms with Crippen LogP contribution in [0.3, 0.4) is 0 Å². The second kappa shape index (κ2) is 8.09. The number of benzene rings is 1. The van der Waals surface area contributed by atoms with Gasteiger partial charge in [-0.25, -0.2) is 9.78 Å². The van der Waals surface area contributed by atoms with Gasteiger partial charge in [-0.1, -0.05) is 42.6 Å². The highest BCUT2D eigenvalue weighted by Crippen LogP contribution is 2.23. The van der Waals surface area contributed by atoms with Crippen LogP contribution < -0.4 is 0 Å². The van der Waals surface area contributed by atoms with E-state index in [9.17, 15) is 9.59 Å². The Labute approximate surface area is 144 Å². The maximum atomic E-state index is 12.4. The zero-order chi connectivity index (χ0) is 16.8. The van der Waals surface area contributed by atoms with E-state index in [2.05, 4.69) is 4.98 Å². The molecule has 0 N–H and O–H groups in total. The van der Waals surface area contributed by atoms with Gasteiger partial charge >= 0.3 is 5.97 Å². The first-order valence-electron chi connectivity index (χ1n) is 7.16. The van der Waals surface area contributed by atoms with Crippen LogP contribution in [0.4, 0.5) is 0 Å². The number of ketones is 1. The third-order valence-electron chi connectivity index (χ3n) is 3.19. The van der Waals surface area contributed by atoms with Gasteiger partial charge in [0.05, 0.1) is 22.8 Å². The number of hydrogen-bond acceptors (Lipinski definition) is 4. The van der Waals surface area contributed by atoms with Gasteiger partial charge in [0.25, 0.3) is 0 Å². The highest BCUT2D eigenvalue weighted by atomic mass is 35.5. The summed E-state index contributed by atoms with van der Waals surface area (Å²) in [6.07, 6.45) is 3.22. The van der Waals surface area contributed by atoms with Gasteiger partial charge in [0.15, 0.2) is 5.78 Å². The molecular formula is C17H15Cl2NO3. The Bertz CT molecular complexity index is 732. The molecule has 0 radical (unpaired) electrons. The van der Waals surface area contributed by atoms with Crippen LogP contribution in [0.15, 0.2) is 36.5 Å². The SMILES string of the molecule is CCCCOC(=O)c1ccc(C(=O)c2cccnc2Cl)cc1Cl. The Morgan fingerprint density at radius 3 is 2.61 bits per heavy atom. The van der Waals surface area contributed by atoms with Crippen LogP contribution in [0.1, 0.15) is 46.0 Å².